The molecule has 158 valence electrons. The van der Waals surface area contributed by atoms with Gasteiger partial charge in [-0.2, -0.15) is 0 Å². The number of carbonyl (C=O) groups excluding carboxylic acids is 1. The fourth-order valence-electron chi connectivity index (χ4n) is 6.96. The molecule has 0 aromatic heterocycles. The van der Waals surface area contributed by atoms with Gasteiger partial charge in [-0.05, 0) is 80.2 Å². The van der Waals surface area contributed by atoms with Gasteiger partial charge in [0.1, 0.15) is 0 Å². The van der Waals surface area contributed by atoms with Crippen molar-refractivity contribution in [3.8, 4) is 0 Å². The summed E-state index contributed by atoms with van der Waals surface area (Å²) in [6.07, 6.45) is 9.82. The van der Waals surface area contributed by atoms with Gasteiger partial charge in [-0.15, -0.1) is 12.4 Å². The molecule has 0 amide bonds. The van der Waals surface area contributed by atoms with E-state index in [1.54, 1.807) is 11.1 Å². The lowest BCUT2D eigenvalue weighted by atomic mass is 9.48. The SMILES string of the molecule is CC[C@]12CC3C(C(=O)OCC4CC4)CC1C(Cc1ccccc12)N3CC1CC1.Cl. The number of carbonyl (C=O) groups is 1. The second-order valence-electron chi connectivity index (χ2n) is 10.4. The van der Waals surface area contributed by atoms with E-state index >= 15 is 0 Å². The van der Waals surface area contributed by atoms with E-state index in [1.807, 2.05) is 0 Å². The average molecular weight is 416 g/mol. The molecule has 4 bridgehead atoms. The van der Waals surface area contributed by atoms with Crippen LogP contribution in [0.5, 0.6) is 0 Å². The second-order valence-corrected chi connectivity index (χ2v) is 10.4. The third kappa shape index (κ3) is 3.15. The highest BCUT2D eigenvalue weighted by Gasteiger charge is 2.62. The number of esters is 1. The van der Waals surface area contributed by atoms with Crippen LogP contribution >= 0.6 is 12.4 Å². The first-order valence-electron chi connectivity index (χ1n) is 11.7. The van der Waals surface area contributed by atoms with Gasteiger partial charge in [0, 0.05) is 24.0 Å². The Morgan fingerprint density at radius 2 is 1.90 bits per heavy atom. The fourth-order valence-corrected chi connectivity index (χ4v) is 6.96. The Morgan fingerprint density at radius 1 is 1.14 bits per heavy atom. The van der Waals surface area contributed by atoms with Crippen LogP contribution in [0.3, 0.4) is 0 Å². The predicted octanol–water partition coefficient (Wildman–Crippen LogP) is 4.75. The lowest BCUT2D eigenvalue weighted by Gasteiger charge is -2.65. The molecule has 0 radical (unpaired) electrons. The molecule has 4 heteroatoms. The van der Waals surface area contributed by atoms with Crippen LogP contribution in [0.15, 0.2) is 24.3 Å². The first kappa shape index (κ1) is 19.9. The van der Waals surface area contributed by atoms with E-state index in [1.165, 1.54) is 45.1 Å². The molecular weight excluding hydrogens is 382 g/mol. The standard InChI is InChI=1S/C25H33NO2.ClH/c1-2-25-13-23-19(24(27)28-15-17-9-10-17)12-21(25)22(26(23)14-16-7-8-16)11-18-5-3-4-6-20(18)25;/h3-6,16-17,19,21-23H,2,7-15H2,1H3;1H/t19?,21?,22?,23?,25-;/m1./s1. The zero-order valence-corrected chi connectivity index (χ0v) is 18.3. The van der Waals surface area contributed by atoms with Gasteiger partial charge in [0.2, 0.25) is 0 Å². The number of nitrogens with zero attached hydrogens (tertiary/aromatic N) is 1. The molecular formula is C25H34ClNO2. The summed E-state index contributed by atoms with van der Waals surface area (Å²) in [5.74, 6) is 2.34. The third-order valence-electron chi connectivity index (χ3n) is 8.81. The molecule has 2 aliphatic heterocycles. The number of fused-ring (bicyclic) bond motifs is 2. The maximum Gasteiger partial charge on any atom is 0.310 e. The maximum absolute atomic E-state index is 13.1. The Hall–Kier alpha value is -1.06. The molecule has 3 saturated carbocycles. The van der Waals surface area contributed by atoms with Gasteiger partial charge in [-0.25, -0.2) is 0 Å². The minimum atomic E-state index is 0. The Morgan fingerprint density at radius 3 is 2.62 bits per heavy atom. The molecule has 2 heterocycles. The first-order chi connectivity index (χ1) is 13.7. The molecule has 0 spiro atoms. The summed E-state index contributed by atoms with van der Waals surface area (Å²) in [5, 5.41) is 0. The third-order valence-corrected chi connectivity index (χ3v) is 8.81. The Balaban J connectivity index is 0.00000181. The van der Waals surface area contributed by atoms with Crippen molar-refractivity contribution in [2.75, 3.05) is 13.2 Å². The van der Waals surface area contributed by atoms with Crippen LogP contribution in [0.25, 0.3) is 0 Å². The number of benzene rings is 1. The van der Waals surface area contributed by atoms with Crippen molar-refractivity contribution >= 4 is 18.4 Å². The highest BCUT2D eigenvalue weighted by Crippen LogP contribution is 2.60. The lowest BCUT2D eigenvalue weighted by molar-refractivity contribution is -0.168. The monoisotopic (exact) mass is 415 g/mol. The van der Waals surface area contributed by atoms with E-state index in [2.05, 4.69) is 36.1 Å². The van der Waals surface area contributed by atoms with Gasteiger partial charge >= 0.3 is 5.97 Å². The summed E-state index contributed by atoms with van der Waals surface area (Å²) in [4.78, 5) is 15.9. The normalized spacial score (nSPS) is 37.6. The number of halogens is 1. The largest absolute Gasteiger partial charge is 0.465 e. The van der Waals surface area contributed by atoms with Gasteiger partial charge in [0.25, 0.3) is 0 Å². The Kier molecular flexibility index (Phi) is 4.98. The topological polar surface area (TPSA) is 29.5 Å². The number of hydrogen-bond donors (Lipinski definition) is 0. The maximum atomic E-state index is 13.1. The zero-order chi connectivity index (χ0) is 18.9. The average Bonchev–Trinajstić information content (AvgIpc) is 3.63. The number of hydrogen-bond acceptors (Lipinski definition) is 3. The molecule has 5 atom stereocenters. The van der Waals surface area contributed by atoms with Gasteiger partial charge < -0.3 is 4.74 Å². The number of rotatable bonds is 6. The zero-order valence-electron chi connectivity index (χ0n) is 17.5. The van der Waals surface area contributed by atoms with Crippen LogP contribution in [0, 0.1) is 23.7 Å². The molecule has 1 aromatic rings. The van der Waals surface area contributed by atoms with Gasteiger partial charge in [-0.1, -0.05) is 31.2 Å². The van der Waals surface area contributed by atoms with E-state index in [0.29, 0.717) is 30.5 Å². The predicted molar refractivity (Wildman–Crippen MR) is 116 cm³/mol. The van der Waals surface area contributed by atoms with Crippen LogP contribution in [-0.2, 0) is 21.4 Å². The molecule has 2 saturated heterocycles. The van der Waals surface area contributed by atoms with Gasteiger partial charge in [0.05, 0.1) is 12.5 Å². The van der Waals surface area contributed by atoms with Crippen molar-refractivity contribution in [1.82, 2.24) is 4.90 Å². The van der Waals surface area contributed by atoms with Gasteiger partial charge in [-0.3, -0.25) is 9.69 Å². The van der Waals surface area contributed by atoms with Crippen molar-refractivity contribution < 1.29 is 9.53 Å². The van der Waals surface area contributed by atoms with Crippen molar-refractivity contribution in [3.63, 3.8) is 0 Å². The van der Waals surface area contributed by atoms with E-state index in [0.717, 1.165) is 18.8 Å². The van der Waals surface area contributed by atoms with Crippen molar-refractivity contribution in [2.45, 2.75) is 75.8 Å². The van der Waals surface area contributed by atoms with Crippen LogP contribution < -0.4 is 0 Å². The highest BCUT2D eigenvalue weighted by molar-refractivity contribution is 5.85. The first-order valence-corrected chi connectivity index (χ1v) is 11.7. The van der Waals surface area contributed by atoms with E-state index in [9.17, 15) is 4.79 Å². The summed E-state index contributed by atoms with van der Waals surface area (Å²) in [6.45, 7) is 4.26. The Bertz CT molecular complexity index is 789. The summed E-state index contributed by atoms with van der Waals surface area (Å²) in [6, 6.07) is 10.2. The smallest absolute Gasteiger partial charge is 0.310 e. The van der Waals surface area contributed by atoms with Crippen LogP contribution in [-0.4, -0.2) is 36.1 Å². The van der Waals surface area contributed by atoms with E-state index in [4.69, 9.17) is 4.74 Å². The second kappa shape index (κ2) is 7.27. The highest BCUT2D eigenvalue weighted by atomic mass is 35.5. The number of ether oxygens (including phenoxy) is 1. The van der Waals surface area contributed by atoms with Crippen molar-refractivity contribution in [1.29, 1.82) is 0 Å². The Labute approximate surface area is 181 Å². The molecule has 4 aliphatic carbocycles. The van der Waals surface area contributed by atoms with Crippen LogP contribution in [0.1, 0.15) is 63.0 Å². The molecule has 7 rings (SSSR count). The summed E-state index contributed by atoms with van der Waals surface area (Å²) in [5.41, 5.74) is 3.44. The molecule has 1 aromatic carbocycles. The summed E-state index contributed by atoms with van der Waals surface area (Å²) < 4.78 is 5.82. The summed E-state index contributed by atoms with van der Waals surface area (Å²) >= 11 is 0. The van der Waals surface area contributed by atoms with E-state index in [-0.39, 0.29) is 29.7 Å². The molecule has 4 unspecified atom stereocenters. The van der Waals surface area contributed by atoms with E-state index < -0.39 is 0 Å². The van der Waals surface area contributed by atoms with Crippen molar-refractivity contribution in [2.24, 2.45) is 23.7 Å². The molecule has 5 fully saturated rings. The van der Waals surface area contributed by atoms with Crippen molar-refractivity contribution in [3.05, 3.63) is 35.4 Å². The number of piperidine rings is 2. The van der Waals surface area contributed by atoms with Crippen LogP contribution in [0.2, 0.25) is 0 Å². The molecule has 0 N–H and O–H groups in total. The molecule has 29 heavy (non-hydrogen) atoms. The lowest BCUT2D eigenvalue weighted by Crippen LogP contribution is -2.70. The fraction of sp³-hybridized carbons (Fsp3) is 0.720. The van der Waals surface area contributed by atoms with Crippen LogP contribution in [0.4, 0.5) is 0 Å². The summed E-state index contributed by atoms with van der Waals surface area (Å²) in [7, 11) is 0. The minimum Gasteiger partial charge on any atom is -0.465 e. The quantitative estimate of drug-likeness (QED) is 0.627. The van der Waals surface area contributed by atoms with Gasteiger partial charge in [0.15, 0.2) is 0 Å². The minimum absolute atomic E-state index is 0. The molecule has 6 aliphatic rings. The molecule has 3 nitrogen and oxygen atoms in total.